The van der Waals surface area contributed by atoms with E-state index in [1.165, 1.54) is 5.56 Å². The second-order valence-electron chi connectivity index (χ2n) is 5.02. The third kappa shape index (κ3) is 2.55. The maximum absolute atomic E-state index is 11.6. The zero-order valence-electron chi connectivity index (χ0n) is 10.7. The number of Topliss-reactive ketones (excluding diaryl/α,β-unsaturated/α-hetero) is 1. The fraction of sp³-hybridized carbons (Fsp3) is 0.312. The van der Waals surface area contributed by atoms with Crippen molar-refractivity contribution in [3.05, 3.63) is 47.5 Å². The molecule has 1 heteroatoms. The highest BCUT2D eigenvalue weighted by Crippen LogP contribution is 2.22. The summed E-state index contributed by atoms with van der Waals surface area (Å²) in [5.74, 6) is 0.772. The SMILES string of the molecule is CC(=O)c1cccc2ccc(CC(C)C)cc12. The summed E-state index contributed by atoms with van der Waals surface area (Å²) in [6, 6.07) is 12.3. The van der Waals surface area contributed by atoms with Crippen molar-refractivity contribution in [2.75, 3.05) is 0 Å². The van der Waals surface area contributed by atoms with Crippen molar-refractivity contribution < 1.29 is 4.79 Å². The second kappa shape index (κ2) is 4.70. The number of benzene rings is 2. The van der Waals surface area contributed by atoms with Crippen LogP contribution in [0.3, 0.4) is 0 Å². The smallest absolute Gasteiger partial charge is 0.160 e. The molecular weight excluding hydrogens is 208 g/mol. The molecule has 0 aliphatic carbocycles. The quantitative estimate of drug-likeness (QED) is 0.715. The highest BCUT2D eigenvalue weighted by Gasteiger charge is 2.06. The minimum Gasteiger partial charge on any atom is -0.294 e. The fourth-order valence-corrected chi connectivity index (χ4v) is 2.23. The van der Waals surface area contributed by atoms with Gasteiger partial charge in [-0.2, -0.15) is 0 Å². The summed E-state index contributed by atoms with van der Waals surface area (Å²) in [6.45, 7) is 6.05. The molecule has 2 aromatic rings. The lowest BCUT2D eigenvalue weighted by Crippen LogP contribution is -1.97. The number of hydrogen-bond acceptors (Lipinski definition) is 1. The lowest BCUT2D eigenvalue weighted by molar-refractivity contribution is 0.101. The van der Waals surface area contributed by atoms with Gasteiger partial charge in [-0.15, -0.1) is 0 Å². The van der Waals surface area contributed by atoms with Gasteiger partial charge < -0.3 is 0 Å². The lowest BCUT2D eigenvalue weighted by atomic mass is 9.96. The number of carbonyl (C=O) groups excluding carboxylic acids is 1. The molecule has 0 saturated heterocycles. The predicted octanol–water partition coefficient (Wildman–Crippen LogP) is 4.24. The van der Waals surface area contributed by atoms with Crippen molar-refractivity contribution in [1.82, 2.24) is 0 Å². The highest BCUT2D eigenvalue weighted by molar-refractivity contribution is 6.07. The van der Waals surface area contributed by atoms with Crippen molar-refractivity contribution in [2.24, 2.45) is 5.92 Å². The average molecular weight is 226 g/mol. The molecule has 0 bridgehead atoms. The van der Waals surface area contributed by atoms with Crippen LogP contribution in [0.4, 0.5) is 0 Å². The van der Waals surface area contributed by atoms with Crippen LogP contribution >= 0.6 is 0 Å². The van der Waals surface area contributed by atoms with Crippen molar-refractivity contribution in [1.29, 1.82) is 0 Å². The summed E-state index contributed by atoms with van der Waals surface area (Å²) in [5, 5.41) is 2.23. The van der Waals surface area contributed by atoms with Crippen molar-refractivity contribution in [2.45, 2.75) is 27.2 Å². The van der Waals surface area contributed by atoms with Gasteiger partial charge in [-0.1, -0.05) is 50.2 Å². The first-order valence-corrected chi connectivity index (χ1v) is 6.10. The number of hydrogen-bond donors (Lipinski definition) is 0. The van der Waals surface area contributed by atoms with Crippen molar-refractivity contribution >= 4 is 16.6 Å². The van der Waals surface area contributed by atoms with E-state index >= 15 is 0 Å². The molecule has 2 aromatic carbocycles. The van der Waals surface area contributed by atoms with Crippen molar-refractivity contribution in [3.8, 4) is 0 Å². The van der Waals surface area contributed by atoms with Gasteiger partial charge >= 0.3 is 0 Å². The van der Waals surface area contributed by atoms with Crippen LogP contribution in [0.15, 0.2) is 36.4 Å². The Labute approximate surface area is 102 Å². The Morgan fingerprint density at radius 1 is 1.18 bits per heavy atom. The first-order valence-electron chi connectivity index (χ1n) is 6.10. The van der Waals surface area contributed by atoms with Crippen LogP contribution in [-0.2, 0) is 6.42 Å². The van der Waals surface area contributed by atoms with E-state index in [1.54, 1.807) is 6.92 Å². The Hall–Kier alpha value is -1.63. The molecule has 2 rings (SSSR count). The van der Waals surface area contributed by atoms with E-state index in [2.05, 4.69) is 38.1 Å². The molecule has 0 unspecified atom stereocenters. The average Bonchev–Trinajstić information content (AvgIpc) is 2.27. The van der Waals surface area contributed by atoms with E-state index in [4.69, 9.17) is 0 Å². The minimum absolute atomic E-state index is 0.136. The van der Waals surface area contributed by atoms with E-state index in [-0.39, 0.29) is 5.78 Å². The third-order valence-corrected chi connectivity index (χ3v) is 2.97. The summed E-state index contributed by atoms with van der Waals surface area (Å²) in [4.78, 5) is 11.6. The maximum atomic E-state index is 11.6. The molecule has 0 aromatic heterocycles. The standard InChI is InChI=1S/C16H18O/c1-11(2)9-13-7-8-14-5-4-6-15(12(3)17)16(14)10-13/h4-8,10-11H,9H2,1-3H3. The monoisotopic (exact) mass is 226 g/mol. The van der Waals surface area contributed by atoms with Crippen LogP contribution in [-0.4, -0.2) is 5.78 Å². The number of ketones is 1. The molecule has 0 amide bonds. The van der Waals surface area contributed by atoms with Gasteiger partial charge in [-0.05, 0) is 35.6 Å². The number of carbonyl (C=O) groups is 1. The van der Waals surface area contributed by atoms with Crippen LogP contribution < -0.4 is 0 Å². The second-order valence-corrected chi connectivity index (χ2v) is 5.02. The Morgan fingerprint density at radius 2 is 1.94 bits per heavy atom. The third-order valence-electron chi connectivity index (χ3n) is 2.97. The Bertz CT molecular complexity index is 552. The molecule has 88 valence electrons. The van der Waals surface area contributed by atoms with Gasteiger partial charge in [0.25, 0.3) is 0 Å². The fourth-order valence-electron chi connectivity index (χ4n) is 2.23. The topological polar surface area (TPSA) is 17.1 Å². The van der Waals surface area contributed by atoms with Gasteiger partial charge in [-0.25, -0.2) is 0 Å². The summed E-state index contributed by atoms with van der Waals surface area (Å²) in [6.07, 6.45) is 1.06. The van der Waals surface area contributed by atoms with Crippen LogP contribution in [0.1, 0.15) is 36.7 Å². The molecule has 17 heavy (non-hydrogen) atoms. The Morgan fingerprint density at radius 3 is 2.59 bits per heavy atom. The maximum Gasteiger partial charge on any atom is 0.160 e. The molecule has 0 saturated carbocycles. The van der Waals surface area contributed by atoms with E-state index in [9.17, 15) is 4.79 Å². The van der Waals surface area contributed by atoms with Crippen molar-refractivity contribution in [3.63, 3.8) is 0 Å². The molecule has 0 N–H and O–H groups in total. The first kappa shape index (κ1) is 11.8. The Kier molecular flexibility index (Phi) is 3.28. The van der Waals surface area contributed by atoms with Crippen LogP contribution in [0.25, 0.3) is 10.8 Å². The minimum atomic E-state index is 0.136. The van der Waals surface area contributed by atoms with Crippen LogP contribution in [0, 0.1) is 5.92 Å². The van der Waals surface area contributed by atoms with Gasteiger partial charge in [0, 0.05) is 5.56 Å². The molecule has 0 atom stereocenters. The number of rotatable bonds is 3. The van der Waals surface area contributed by atoms with Gasteiger partial charge in [0.05, 0.1) is 0 Å². The molecule has 0 spiro atoms. The van der Waals surface area contributed by atoms with E-state index in [1.807, 2.05) is 12.1 Å². The van der Waals surface area contributed by atoms with Gasteiger partial charge in [0.2, 0.25) is 0 Å². The number of fused-ring (bicyclic) bond motifs is 1. The lowest BCUT2D eigenvalue weighted by Gasteiger charge is -2.08. The van der Waals surface area contributed by atoms with Crippen LogP contribution in [0.5, 0.6) is 0 Å². The largest absolute Gasteiger partial charge is 0.294 e. The molecular formula is C16H18O. The molecule has 0 fully saturated rings. The van der Waals surface area contributed by atoms with Gasteiger partial charge in [-0.3, -0.25) is 4.79 Å². The predicted molar refractivity (Wildman–Crippen MR) is 72.5 cm³/mol. The normalized spacial score (nSPS) is 11.1. The zero-order chi connectivity index (χ0) is 12.4. The van der Waals surface area contributed by atoms with E-state index in [0.29, 0.717) is 5.92 Å². The highest BCUT2D eigenvalue weighted by atomic mass is 16.1. The van der Waals surface area contributed by atoms with Gasteiger partial charge in [0.15, 0.2) is 5.78 Å². The Balaban J connectivity index is 2.57. The van der Waals surface area contributed by atoms with Gasteiger partial charge in [0.1, 0.15) is 0 Å². The summed E-state index contributed by atoms with van der Waals surface area (Å²) in [7, 11) is 0. The summed E-state index contributed by atoms with van der Waals surface area (Å²) < 4.78 is 0. The zero-order valence-corrected chi connectivity index (χ0v) is 10.7. The molecule has 0 heterocycles. The first-order chi connectivity index (χ1) is 8.08. The molecule has 0 aliphatic rings. The van der Waals surface area contributed by atoms with E-state index in [0.717, 1.165) is 22.8 Å². The summed E-state index contributed by atoms with van der Waals surface area (Å²) in [5.41, 5.74) is 2.13. The summed E-state index contributed by atoms with van der Waals surface area (Å²) >= 11 is 0. The molecule has 1 nitrogen and oxygen atoms in total. The molecule has 0 aliphatic heterocycles. The van der Waals surface area contributed by atoms with Crippen LogP contribution in [0.2, 0.25) is 0 Å². The van der Waals surface area contributed by atoms with E-state index < -0.39 is 0 Å². The molecule has 0 radical (unpaired) electrons.